The molecule has 2 aliphatic rings. The van der Waals surface area contributed by atoms with Gasteiger partial charge in [-0.05, 0) is 31.6 Å². The molecule has 26 heavy (non-hydrogen) atoms. The normalized spacial score (nSPS) is 22.1. The zero-order valence-electron chi connectivity index (χ0n) is 16.9. The van der Waals surface area contributed by atoms with Crippen molar-refractivity contribution in [1.82, 2.24) is 15.1 Å². The molecule has 7 nitrogen and oxygen atoms in total. The number of ether oxygens (including phenoxy) is 2. The Morgan fingerprint density at radius 2 is 2.04 bits per heavy atom. The van der Waals surface area contributed by atoms with Gasteiger partial charge in [-0.25, -0.2) is 4.99 Å². The molecule has 0 aromatic heterocycles. The van der Waals surface area contributed by atoms with Crippen molar-refractivity contribution in [2.45, 2.75) is 51.7 Å². The van der Waals surface area contributed by atoms with E-state index in [2.05, 4.69) is 29.1 Å². The molecule has 2 rings (SSSR count). The molecule has 0 radical (unpaired) electrons. The fourth-order valence-electron chi connectivity index (χ4n) is 3.10. The van der Waals surface area contributed by atoms with Crippen molar-refractivity contribution in [1.29, 1.82) is 0 Å². The maximum absolute atomic E-state index is 11.9. The Balaban J connectivity index is 1.81. The molecule has 0 aromatic rings. The summed E-state index contributed by atoms with van der Waals surface area (Å²) in [6.07, 6.45) is 4.82. The van der Waals surface area contributed by atoms with Gasteiger partial charge in [0, 0.05) is 40.3 Å². The zero-order chi connectivity index (χ0) is 18.9. The van der Waals surface area contributed by atoms with Gasteiger partial charge in [0.15, 0.2) is 5.96 Å². The number of hydrogen-bond acceptors (Lipinski definition) is 4. The second-order valence-electron chi connectivity index (χ2n) is 7.86. The van der Waals surface area contributed by atoms with Gasteiger partial charge in [0.05, 0.1) is 18.8 Å². The number of guanidine groups is 1. The number of amides is 1. The van der Waals surface area contributed by atoms with E-state index in [-0.39, 0.29) is 18.6 Å². The second kappa shape index (κ2) is 10.7. The summed E-state index contributed by atoms with van der Waals surface area (Å²) in [7, 11) is 3.52. The predicted octanol–water partition coefficient (Wildman–Crippen LogP) is 1.34. The molecule has 1 unspecified atom stereocenters. The zero-order valence-corrected chi connectivity index (χ0v) is 16.9. The maximum Gasteiger partial charge on any atom is 0.243 e. The topological polar surface area (TPSA) is 66.4 Å². The van der Waals surface area contributed by atoms with Crippen LogP contribution < -0.4 is 5.32 Å². The Kier molecular flexibility index (Phi) is 8.65. The highest BCUT2D eigenvalue weighted by molar-refractivity contribution is 5.84. The van der Waals surface area contributed by atoms with E-state index in [0.717, 1.165) is 57.9 Å². The molecule has 0 bridgehead atoms. The van der Waals surface area contributed by atoms with Crippen molar-refractivity contribution in [3.8, 4) is 0 Å². The molecule has 2 heterocycles. The number of likely N-dealkylation sites (N-methyl/N-ethyl adjacent to an activating group) is 1. The van der Waals surface area contributed by atoms with Crippen LogP contribution in [0.3, 0.4) is 0 Å². The first kappa shape index (κ1) is 21.0. The van der Waals surface area contributed by atoms with Gasteiger partial charge >= 0.3 is 0 Å². The van der Waals surface area contributed by atoms with E-state index in [9.17, 15) is 4.79 Å². The van der Waals surface area contributed by atoms with Crippen LogP contribution in [0.15, 0.2) is 4.99 Å². The maximum atomic E-state index is 11.9. The average molecular weight is 369 g/mol. The van der Waals surface area contributed by atoms with Crippen LogP contribution in [0.4, 0.5) is 0 Å². The van der Waals surface area contributed by atoms with Gasteiger partial charge in [0.25, 0.3) is 0 Å². The van der Waals surface area contributed by atoms with Crippen molar-refractivity contribution >= 4 is 11.9 Å². The first-order valence-electron chi connectivity index (χ1n) is 9.92. The first-order valence-corrected chi connectivity index (χ1v) is 9.92. The Bertz CT molecular complexity index is 454. The van der Waals surface area contributed by atoms with Crippen molar-refractivity contribution in [2.24, 2.45) is 10.9 Å². The van der Waals surface area contributed by atoms with Gasteiger partial charge in [-0.1, -0.05) is 13.8 Å². The smallest absolute Gasteiger partial charge is 0.243 e. The van der Waals surface area contributed by atoms with E-state index in [1.54, 1.807) is 19.0 Å². The second-order valence-corrected chi connectivity index (χ2v) is 7.86. The fourth-order valence-corrected chi connectivity index (χ4v) is 3.10. The third-order valence-corrected chi connectivity index (χ3v) is 4.81. The number of rotatable bonds is 7. The molecule has 1 N–H and O–H groups in total. The number of piperidine rings is 1. The van der Waals surface area contributed by atoms with Gasteiger partial charge < -0.3 is 24.6 Å². The van der Waals surface area contributed by atoms with Crippen LogP contribution in [0.1, 0.15) is 39.5 Å². The number of likely N-dealkylation sites (tertiary alicyclic amines) is 1. The summed E-state index contributed by atoms with van der Waals surface area (Å²) < 4.78 is 11.7. The van der Waals surface area contributed by atoms with E-state index < -0.39 is 0 Å². The van der Waals surface area contributed by atoms with E-state index in [1.807, 2.05) is 0 Å². The van der Waals surface area contributed by atoms with Crippen LogP contribution in [-0.2, 0) is 14.3 Å². The SMILES string of the molecule is CC(C)CNC(=NCC(=O)N(C)C)N1CCC(OCC2CCCO2)CC1. The highest BCUT2D eigenvalue weighted by atomic mass is 16.5. The van der Waals surface area contributed by atoms with Crippen molar-refractivity contribution in [3.63, 3.8) is 0 Å². The summed E-state index contributed by atoms with van der Waals surface area (Å²) >= 11 is 0. The van der Waals surface area contributed by atoms with Gasteiger partial charge in [-0.3, -0.25) is 4.79 Å². The first-order chi connectivity index (χ1) is 12.5. The summed E-state index contributed by atoms with van der Waals surface area (Å²) in [6.45, 7) is 8.76. The minimum absolute atomic E-state index is 0.0172. The molecule has 1 atom stereocenters. The van der Waals surface area contributed by atoms with Crippen LogP contribution in [0.5, 0.6) is 0 Å². The average Bonchev–Trinajstić information content (AvgIpc) is 3.13. The Morgan fingerprint density at radius 3 is 2.62 bits per heavy atom. The third-order valence-electron chi connectivity index (χ3n) is 4.81. The molecule has 2 fully saturated rings. The number of hydrogen-bond donors (Lipinski definition) is 1. The molecular formula is C19H36N4O3. The molecule has 2 aliphatic heterocycles. The quantitative estimate of drug-likeness (QED) is 0.543. The lowest BCUT2D eigenvalue weighted by molar-refractivity contribution is -0.127. The summed E-state index contributed by atoms with van der Waals surface area (Å²) in [5.74, 6) is 1.38. The lowest BCUT2D eigenvalue weighted by Crippen LogP contribution is -2.48. The Morgan fingerprint density at radius 1 is 1.31 bits per heavy atom. The van der Waals surface area contributed by atoms with Gasteiger partial charge in [-0.15, -0.1) is 0 Å². The minimum atomic E-state index is 0.0172. The minimum Gasteiger partial charge on any atom is -0.376 e. The highest BCUT2D eigenvalue weighted by Crippen LogP contribution is 2.17. The van der Waals surface area contributed by atoms with Crippen molar-refractivity contribution in [2.75, 3.05) is 53.5 Å². The summed E-state index contributed by atoms with van der Waals surface area (Å²) in [5, 5.41) is 3.42. The molecule has 0 aromatic carbocycles. The van der Waals surface area contributed by atoms with E-state index in [1.165, 1.54) is 0 Å². The number of carbonyl (C=O) groups excluding carboxylic acids is 1. The lowest BCUT2D eigenvalue weighted by atomic mass is 10.1. The van der Waals surface area contributed by atoms with Crippen LogP contribution in [0, 0.1) is 5.92 Å². The van der Waals surface area contributed by atoms with Gasteiger partial charge in [-0.2, -0.15) is 0 Å². The van der Waals surface area contributed by atoms with E-state index in [4.69, 9.17) is 9.47 Å². The van der Waals surface area contributed by atoms with Crippen LogP contribution in [0.2, 0.25) is 0 Å². The molecule has 2 saturated heterocycles. The van der Waals surface area contributed by atoms with Crippen molar-refractivity contribution < 1.29 is 14.3 Å². The lowest BCUT2D eigenvalue weighted by Gasteiger charge is -2.35. The Hall–Kier alpha value is -1.34. The fraction of sp³-hybridized carbons (Fsp3) is 0.895. The Labute approximate surface area is 158 Å². The summed E-state index contributed by atoms with van der Waals surface area (Å²) in [6, 6.07) is 0. The molecular weight excluding hydrogens is 332 g/mol. The van der Waals surface area contributed by atoms with Crippen LogP contribution >= 0.6 is 0 Å². The number of aliphatic imine (C=N–C) groups is 1. The standard InChI is InChI=1S/C19H36N4O3/c1-15(2)12-20-19(21-13-18(24)22(3)4)23-9-7-16(8-10-23)26-14-17-6-5-11-25-17/h15-17H,5-14H2,1-4H3,(H,20,21). The third kappa shape index (κ3) is 7.11. The largest absolute Gasteiger partial charge is 0.376 e. The molecule has 0 spiro atoms. The van der Waals surface area contributed by atoms with E-state index >= 15 is 0 Å². The molecule has 0 saturated carbocycles. The summed E-state index contributed by atoms with van der Waals surface area (Å²) in [5.41, 5.74) is 0. The molecule has 150 valence electrons. The van der Waals surface area contributed by atoms with Crippen LogP contribution in [0.25, 0.3) is 0 Å². The molecule has 7 heteroatoms. The molecule has 0 aliphatic carbocycles. The van der Waals surface area contributed by atoms with Gasteiger partial charge in [0.2, 0.25) is 5.91 Å². The van der Waals surface area contributed by atoms with Gasteiger partial charge in [0.1, 0.15) is 6.54 Å². The number of nitrogens with one attached hydrogen (secondary N) is 1. The predicted molar refractivity (Wildman–Crippen MR) is 103 cm³/mol. The van der Waals surface area contributed by atoms with E-state index in [0.29, 0.717) is 18.6 Å². The monoisotopic (exact) mass is 368 g/mol. The molecule has 1 amide bonds. The van der Waals surface area contributed by atoms with Crippen LogP contribution in [-0.4, -0.2) is 87.4 Å². The highest BCUT2D eigenvalue weighted by Gasteiger charge is 2.24. The number of carbonyl (C=O) groups is 1. The number of nitrogens with zero attached hydrogens (tertiary/aromatic N) is 3. The summed E-state index contributed by atoms with van der Waals surface area (Å²) in [4.78, 5) is 20.3. The van der Waals surface area contributed by atoms with Crippen molar-refractivity contribution in [3.05, 3.63) is 0 Å².